The molecule has 0 saturated heterocycles. The predicted molar refractivity (Wildman–Crippen MR) is 76.5 cm³/mol. The topological polar surface area (TPSA) is 64.3 Å². The second kappa shape index (κ2) is 7.89. The molecule has 1 aromatic rings. The van der Waals surface area contributed by atoms with Crippen LogP contribution in [0.5, 0.6) is 0 Å². The highest BCUT2D eigenvalue weighted by atomic mass is 79.9. The third-order valence-corrected chi connectivity index (χ3v) is 2.64. The Kier molecular flexibility index (Phi) is 6.46. The third-order valence-electron chi connectivity index (χ3n) is 2.18. The van der Waals surface area contributed by atoms with Crippen LogP contribution in [0, 0.1) is 0 Å². The first kappa shape index (κ1) is 14.7. The zero-order chi connectivity index (χ0) is 13.4. The van der Waals surface area contributed by atoms with Crippen molar-refractivity contribution in [3.05, 3.63) is 40.9 Å². The second-order valence-corrected chi connectivity index (χ2v) is 4.63. The zero-order valence-corrected chi connectivity index (χ0v) is 11.7. The summed E-state index contributed by atoms with van der Waals surface area (Å²) in [4.78, 5) is 11.8. The van der Waals surface area contributed by atoms with Gasteiger partial charge >= 0.3 is 0 Å². The van der Waals surface area contributed by atoms with Gasteiger partial charge < -0.3 is 15.8 Å². The first-order valence-corrected chi connectivity index (χ1v) is 6.45. The van der Waals surface area contributed by atoms with Crippen molar-refractivity contribution in [3.8, 4) is 0 Å². The van der Waals surface area contributed by atoms with Crippen molar-refractivity contribution in [2.24, 2.45) is 0 Å². The van der Waals surface area contributed by atoms with E-state index < -0.39 is 0 Å². The maximum atomic E-state index is 11.8. The van der Waals surface area contributed by atoms with Crippen LogP contribution in [-0.4, -0.2) is 25.7 Å². The number of carbonyl (C=O) groups is 1. The lowest BCUT2D eigenvalue weighted by molar-refractivity contribution is 0.0918. The van der Waals surface area contributed by atoms with E-state index in [1.54, 1.807) is 24.3 Å². The summed E-state index contributed by atoms with van der Waals surface area (Å²) in [5, 5.41) is 2.76. The molecule has 0 bridgehead atoms. The molecule has 98 valence electrons. The summed E-state index contributed by atoms with van der Waals surface area (Å²) in [6, 6.07) is 5.11. The molecule has 1 aromatic carbocycles. The first-order valence-electron chi connectivity index (χ1n) is 5.66. The van der Waals surface area contributed by atoms with E-state index >= 15 is 0 Å². The maximum absolute atomic E-state index is 11.8. The molecule has 0 atom stereocenters. The lowest BCUT2D eigenvalue weighted by atomic mass is 10.2. The number of hydrogen-bond acceptors (Lipinski definition) is 3. The Morgan fingerprint density at radius 3 is 2.89 bits per heavy atom. The van der Waals surface area contributed by atoms with Gasteiger partial charge in [-0.3, -0.25) is 4.79 Å². The van der Waals surface area contributed by atoms with Gasteiger partial charge in [-0.1, -0.05) is 22.0 Å². The average molecular weight is 313 g/mol. The van der Waals surface area contributed by atoms with Crippen LogP contribution in [0.15, 0.2) is 35.3 Å². The Hall–Kier alpha value is -1.33. The summed E-state index contributed by atoms with van der Waals surface area (Å²) in [5.41, 5.74) is 6.75. The monoisotopic (exact) mass is 312 g/mol. The second-order valence-electron chi connectivity index (χ2n) is 3.72. The van der Waals surface area contributed by atoms with E-state index in [2.05, 4.69) is 27.8 Å². The average Bonchev–Trinajstić information content (AvgIpc) is 2.32. The van der Waals surface area contributed by atoms with Gasteiger partial charge in [0.1, 0.15) is 0 Å². The summed E-state index contributed by atoms with van der Waals surface area (Å²) >= 11 is 3.30. The van der Waals surface area contributed by atoms with Crippen LogP contribution in [0.3, 0.4) is 0 Å². The van der Waals surface area contributed by atoms with Crippen molar-refractivity contribution in [1.82, 2.24) is 5.32 Å². The van der Waals surface area contributed by atoms with E-state index in [0.717, 1.165) is 10.9 Å². The Morgan fingerprint density at radius 1 is 1.44 bits per heavy atom. The molecular formula is C13H17BrN2O2. The number of hydrogen-bond donors (Lipinski definition) is 2. The van der Waals surface area contributed by atoms with Gasteiger partial charge in [-0.2, -0.15) is 0 Å². The number of nitrogens with two attached hydrogens (primary N) is 1. The van der Waals surface area contributed by atoms with Crippen LogP contribution >= 0.6 is 15.9 Å². The zero-order valence-electron chi connectivity index (χ0n) is 10.1. The van der Waals surface area contributed by atoms with Crippen molar-refractivity contribution < 1.29 is 9.53 Å². The molecule has 18 heavy (non-hydrogen) atoms. The summed E-state index contributed by atoms with van der Waals surface area (Å²) in [6.45, 7) is 5.19. The fourth-order valence-corrected chi connectivity index (χ4v) is 1.86. The maximum Gasteiger partial charge on any atom is 0.251 e. The number of nitrogens with one attached hydrogen (secondary N) is 1. The Labute approximate surface area is 115 Å². The van der Waals surface area contributed by atoms with Crippen LogP contribution in [0.1, 0.15) is 16.8 Å². The number of ether oxygens (including phenoxy) is 1. The SMILES string of the molecule is C=CCCOCCNC(=O)c1cc(N)cc(Br)c1. The Morgan fingerprint density at radius 2 is 2.22 bits per heavy atom. The van der Waals surface area contributed by atoms with E-state index in [1.807, 2.05) is 0 Å². The van der Waals surface area contributed by atoms with Gasteiger partial charge in [0, 0.05) is 22.3 Å². The summed E-state index contributed by atoms with van der Waals surface area (Å²) in [6.07, 6.45) is 2.61. The summed E-state index contributed by atoms with van der Waals surface area (Å²) in [5.74, 6) is -0.157. The van der Waals surface area contributed by atoms with Crippen molar-refractivity contribution in [3.63, 3.8) is 0 Å². The van der Waals surface area contributed by atoms with Gasteiger partial charge in [-0.25, -0.2) is 0 Å². The predicted octanol–water partition coefficient (Wildman–Crippen LogP) is 2.35. The van der Waals surface area contributed by atoms with E-state index in [1.165, 1.54) is 0 Å². The highest BCUT2D eigenvalue weighted by Gasteiger charge is 2.06. The third kappa shape index (κ3) is 5.33. The van der Waals surface area contributed by atoms with Gasteiger partial charge in [0.15, 0.2) is 0 Å². The summed E-state index contributed by atoms with van der Waals surface area (Å²) < 4.78 is 6.07. The lowest BCUT2D eigenvalue weighted by Crippen LogP contribution is -2.27. The molecule has 0 unspecified atom stereocenters. The molecule has 0 radical (unpaired) electrons. The Balaban J connectivity index is 2.34. The first-order chi connectivity index (χ1) is 8.63. The van der Waals surface area contributed by atoms with Crippen LogP contribution in [0.25, 0.3) is 0 Å². The number of amides is 1. The number of halogens is 1. The molecule has 0 aromatic heterocycles. The molecule has 0 heterocycles. The van der Waals surface area contributed by atoms with Crippen molar-refractivity contribution in [2.75, 3.05) is 25.5 Å². The molecule has 0 aliphatic heterocycles. The molecule has 3 N–H and O–H groups in total. The molecule has 0 saturated carbocycles. The van der Waals surface area contributed by atoms with Gasteiger partial charge in [-0.15, -0.1) is 6.58 Å². The van der Waals surface area contributed by atoms with E-state index in [-0.39, 0.29) is 5.91 Å². The van der Waals surface area contributed by atoms with E-state index in [4.69, 9.17) is 10.5 Å². The van der Waals surface area contributed by atoms with Crippen molar-refractivity contribution in [2.45, 2.75) is 6.42 Å². The Bertz CT molecular complexity index is 401. The molecule has 0 fully saturated rings. The van der Waals surface area contributed by atoms with Crippen molar-refractivity contribution >= 4 is 27.5 Å². The molecular weight excluding hydrogens is 296 g/mol. The smallest absolute Gasteiger partial charge is 0.251 e. The van der Waals surface area contributed by atoms with Gasteiger partial charge in [0.05, 0.1) is 13.2 Å². The molecule has 4 nitrogen and oxygen atoms in total. The number of nitrogen functional groups attached to an aromatic ring is 1. The lowest BCUT2D eigenvalue weighted by Gasteiger charge is -2.07. The van der Waals surface area contributed by atoms with E-state index in [9.17, 15) is 4.79 Å². The molecule has 0 aliphatic carbocycles. The molecule has 0 aliphatic rings. The van der Waals surface area contributed by atoms with E-state index in [0.29, 0.717) is 31.0 Å². The van der Waals surface area contributed by atoms with Crippen LogP contribution < -0.4 is 11.1 Å². The van der Waals surface area contributed by atoms with Gasteiger partial charge in [0.2, 0.25) is 0 Å². The molecule has 0 spiro atoms. The largest absolute Gasteiger partial charge is 0.399 e. The van der Waals surface area contributed by atoms with Crippen LogP contribution in [-0.2, 0) is 4.74 Å². The fourth-order valence-electron chi connectivity index (χ4n) is 1.35. The van der Waals surface area contributed by atoms with Gasteiger partial charge in [-0.05, 0) is 24.6 Å². The number of benzene rings is 1. The number of rotatable bonds is 7. The van der Waals surface area contributed by atoms with Crippen LogP contribution in [0.4, 0.5) is 5.69 Å². The molecule has 1 rings (SSSR count). The molecule has 5 heteroatoms. The standard InChI is InChI=1S/C13H17BrN2O2/c1-2-3-5-18-6-4-16-13(17)10-7-11(14)9-12(15)8-10/h2,7-9H,1,3-6,15H2,(H,16,17). The minimum Gasteiger partial charge on any atom is -0.399 e. The molecule has 1 amide bonds. The minimum absolute atomic E-state index is 0.157. The highest BCUT2D eigenvalue weighted by molar-refractivity contribution is 9.10. The summed E-state index contributed by atoms with van der Waals surface area (Å²) in [7, 11) is 0. The fraction of sp³-hybridized carbons (Fsp3) is 0.308. The number of anilines is 1. The van der Waals surface area contributed by atoms with Crippen LogP contribution in [0.2, 0.25) is 0 Å². The quantitative estimate of drug-likeness (QED) is 0.461. The number of carbonyl (C=O) groups excluding carboxylic acids is 1. The highest BCUT2D eigenvalue weighted by Crippen LogP contribution is 2.17. The van der Waals surface area contributed by atoms with Crippen molar-refractivity contribution in [1.29, 1.82) is 0 Å². The minimum atomic E-state index is -0.157. The van der Waals surface area contributed by atoms with Gasteiger partial charge in [0.25, 0.3) is 5.91 Å². The normalized spacial score (nSPS) is 10.1.